The van der Waals surface area contributed by atoms with Crippen LogP contribution in [0.1, 0.15) is 38.3 Å². The summed E-state index contributed by atoms with van der Waals surface area (Å²) in [6.45, 7) is 12.0. The summed E-state index contributed by atoms with van der Waals surface area (Å²) < 4.78 is 47.4. The van der Waals surface area contributed by atoms with Crippen molar-refractivity contribution in [3.05, 3.63) is 77.9 Å². The second-order valence-electron chi connectivity index (χ2n) is 12.4. The Labute approximate surface area is 244 Å². The molecule has 0 N–H and O–H groups in total. The number of benzene rings is 2. The molecule has 0 bridgehead atoms. The van der Waals surface area contributed by atoms with Crippen LogP contribution in [-0.4, -0.2) is 58.8 Å². The smallest absolute Gasteiger partial charge is 0.325 e. The molecule has 4 atom stereocenters. The molecule has 222 valence electrons. The van der Waals surface area contributed by atoms with E-state index in [0.29, 0.717) is 6.42 Å². The van der Waals surface area contributed by atoms with Crippen molar-refractivity contribution in [1.82, 2.24) is 4.31 Å². The Balaban J connectivity index is 1.87. The molecule has 10 heteroatoms. The van der Waals surface area contributed by atoms with Crippen LogP contribution >= 0.6 is 0 Å². The van der Waals surface area contributed by atoms with Gasteiger partial charge >= 0.3 is 5.97 Å². The zero-order valence-corrected chi connectivity index (χ0v) is 26.7. The summed E-state index contributed by atoms with van der Waals surface area (Å²) in [6.07, 6.45) is 2.08. The first-order valence-electron chi connectivity index (χ1n) is 13.9. The summed E-state index contributed by atoms with van der Waals surface area (Å²) >= 11 is 0. The number of ether oxygens (including phenoxy) is 2. The Morgan fingerprint density at radius 1 is 1.07 bits per heavy atom. The topological polar surface area (TPSA) is 99.2 Å². The molecule has 0 saturated carbocycles. The van der Waals surface area contributed by atoms with Crippen molar-refractivity contribution in [3.63, 3.8) is 0 Å². The molecule has 1 saturated heterocycles. The molecule has 4 rings (SSSR count). The predicted octanol–water partition coefficient (Wildman–Crippen LogP) is 5.24. The molecule has 41 heavy (non-hydrogen) atoms. The number of rotatable bonds is 8. The van der Waals surface area contributed by atoms with Gasteiger partial charge in [0, 0.05) is 13.0 Å². The van der Waals surface area contributed by atoms with Gasteiger partial charge in [-0.05, 0) is 49.2 Å². The highest BCUT2D eigenvalue weighted by Gasteiger charge is 2.67. The molecule has 1 aliphatic heterocycles. The van der Waals surface area contributed by atoms with E-state index in [1.165, 1.54) is 19.2 Å². The summed E-state index contributed by atoms with van der Waals surface area (Å²) in [7, 11) is -5.42. The molecule has 1 amide bonds. The van der Waals surface area contributed by atoms with Crippen molar-refractivity contribution in [2.75, 3.05) is 13.7 Å². The van der Waals surface area contributed by atoms with Crippen LogP contribution in [0.5, 0.6) is 0 Å². The summed E-state index contributed by atoms with van der Waals surface area (Å²) in [5, 5.41) is -0.198. The molecule has 0 aromatic heterocycles. The molecule has 8 nitrogen and oxygen atoms in total. The highest BCUT2D eigenvalue weighted by atomic mass is 32.2. The normalized spacial score (nSPS) is 25.1. The van der Waals surface area contributed by atoms with Gasteiger partial charge in [0.1, 0.15) is 12.7 Å². The zero-order chi connectivity index (χ0) is 30.2. The molecule has 1 unspecified atom stereocenters. The van der Waals surface area contributed by atoms with E-state index in [1.54, 1.807) is 18.2 Å². The van der Waals surface area contributed by atoms with Crippen LogP contribution in [0.25, 0.3) is 0 Å². The number of aryl methyl sites for hydroxylation is 1. The maximum atomic E-state index is 14.6. The number of carbonyl (C=O) groups is 2. The van der Waals surface area contributed by atoms with E-state index in [0.717, 1.165) is 15.4 Å². The Kier molecular flexibility index (Phi) is 8.72. The summed E-state index contributed by atoms with van der Waals surface area (Å²) in [5.74, 6) is -2.36. The van der Waals surface area contributed by atoms with Crippen LogP contribution in [-0.2, 0) is 40.1 Å². The number of sulfonamides is 1. The van der Waals surface area contributed by atoms with Gasteiger partial charge in [-0.25, -0.2) is 12.7 Å². The first-order chi connectivity index (χ1) is 19.2. The van der Waals surface area contributed by atoms with E-state index in [-0.39, 0.29) is 23.1 Å². The Hall–Kier alpha value is -2.79. The number of methoxy groups -OCH3 is 1. The molecule has 0 spiro atoms. The average Bonchev–Trinajstić information content (AvgIpc) is 2.92. The zero-order valence-electron chi connectivity index (χ0n) is 24.9. The van der Waals surface area contributed by atoms with Crippen LogP contribution in [0.4, 0.5) is 0 Å². The fourth-order valence-electron chi connectivity index (χ4n) is 5.38. The van der Waals surface area contributed by atoms with Gasteiger partial charge in [-0.3, -0.25) is 9.59 Å². The predicted molar refractivity (Wildman–Crippen MR) is 159 cm³/mol. The highest BCUT2D eigenvalue weighted by molar-refractivity contribution is 7.89. The summed E-state index contributed by atoms with van der Waals surface area (Å²) in [5.41, 5.74) is -0.331. The number of allylic oxidation sites excluding steroid dienone is 1. The van der Waals surface area contributed by atoms with Crippen LogP contribution in [0.15, 0.2) is 71.6 Å². The SMILES string of the molecule is COC1C=CC[C@@H]2[C@H](O[Si](C)(C)C(C)(C)C)CN(S(=O)(=O)c3ccc(C)cc3)C(=O)[C@]12C(=O)OCc1ccccc1. The quantitative estimate of drug-likeness (QED) is 0.177. The number of amides is 1. The fraction of sp³-hybridized carbons (Fsp3) is 0.484. The van der Waals surface area contributed by atoms with E-state index in [1.807, 2.05) is 43.3 Å². The number of hydrogen-bond donors (Lipinski definition) is 0. The highest BCUT2D eigenvalue weighted by Crippen LogP contribution is 2.51. The number of piperidine rings is 1. The van der Waals surface area contributed by atoms with Gasteiger partial charge in [-0.1, -0.05) is 81.0 Å². The maximum Gasteiger partial charge on any atom is 0.325 e. The Bertz CT molecular complexity index is 1400. The Morgan fingerprint density at radius 3 is 2.29 bits per heavy atom. The van der Waals surface area contributed by atoms with Gasteiger partial charge in [0.05, 0.1) is 17.5 Å². The number of esters is 1. The average molecular weight is 600 g/mol. The standard InChI is InChI=1S/C31H41NO7SSi/c1-22-16-18-24(19-17-22)40(35,36)32-20-26(39-41(6,7)30(2,3)4)25-14-11-15-27(37-5)31(25,28(32)33)29(34)38-21-23-12-9-8-10-13-23/h8-13,15-19,25-27H,14,20-21H2,1-7H3/t25-,26-,27?,31-/m1/s1. The third-order valence-electron chi connectivity index (χ3n) is 8.78. The van der Waals surface area contributed by atoms with Crippen LogP contribution in [0.3, 0.4) is 0 Å². The number of nitrogens with zero attached hydrogens (tertiary/aromatic N) is 1. The number of carbonyl (C=O) groups excluding carboxylic acids is 2. The van der Waals surface area contributed by atoms with Gasteiger partial charge in [0.15, 0.2) is 13.7 Å². The lowest BCUT2D eigenvalue weighted by atomic mass is 9.62. The lowest BCUT2D eigenvalue weighted by molar-refractivity contribution is -0.190. The van der Waals surface area contributed by atoms with E-state index in [2.05, 4.69) is 33.9 Å². The van der Waals surface area contributed by atoms with Crippen molar-refractivity contribution in [2.24, 2.45) is 11.3 Å². The minimum absolute atomic E-state index is 0.0332. The van der Waals surface area contributed by atoms with Gasteiger partial charge in [-0.15, -0.1) is 0 Å². The molecule has 0 radical (unpaired) electrons. The van der Waals surface area contributed by atoms with E-state index < -0.39 is 53.8 Å². The third kappa shape index (κ3) is 5.67. The Morgan fingerprint density at radius 2 is 1.71 bits per heavy atom. The first-order valence-corrected chi connectivity index (χ1v) is 18.2. The second-order valence-corrected chi connectivity index (χ2v) is 19.0. The lowest BCUT2D eigenvalue weighted by Crippen LogP contribution is -2.70. The monoisotopic (exact) mass is 599 g/mol. The summed E-state index contributed by atoms with van der Waals surface area (Å²) in [6, 6.07) is 15.5. The van der Waals surface area contributed by atoms with Crippen LogP contribution in [0, 0.1) is 18.3 Å². The first kappa shape index (κ1) is 31.1. The number of fused-ring (bicyclic) bond motifs is 1. The molecule has 1 heterocycles. The van der Waals surface area contributed by atoms with E-state index in [4.69, 9.17) is 13.9 Å². The molecular formula is C31H41NO7SSi. The van der Waals surface area contributed by atoms with Gasteiger partial charge in [-0.2, -0.15) is 0 Å². The van der Waals surface area contributed by atoms with Crippen molar-refractivity contribution in [2.45, 2.75) is 76.0 Å². The molecule has 2 aromatic rings. The third-order valence-corrected chi connectivity index (χ3v) is 15.0. The molecule has 1 fully saturated rings. The van der Waals surface area contributed by atoms with E-state index in [9.17, 15) is 18.0 Å². The van der Waals surface area contributed by atoms with Gasteiger partial charge in [0.25, 0.3) is 15.9 Å². The summed E-state index contributed by atoms with van der Waals surface area (Å²) in [4.78, 5) is 28.8. The van der Waals surface area contributed by atoms with Crippen molar-refractivity contribution in [1.29, 1.82) is 0 Å². The minimum Gasteiger partial charge on any atom is -0.460 e. The van der Waals surface area contributed by atoms with E-state index >= 15 is 0 Å². The van der Waals surface area contributed by atoms with Gasteiger partial charge in [0.2, 0.25) is 0 Å². The largest absolute Gasteiger partial charge is 0.460 e. The molecule has 1 aliphatic carbocycles. The van der Waals surface area contributed by atoms with Crippen LogP contribution in [0.2, 0.25) is 18.1 Å². The van der Waals surface area contributed by atoms with Crippen molar-refractivity contribution in [3.8, 4) is 0 Å². The lowest BCUT2D eigenvalue weighted by Gasteiger charge is -2.53. The molecule has 2 aromatic carbocycles. The molecule has 2 aliphatic rings. The fourth-order valence-corrected chi connectivity index (χ4v) is 8.18. The second kappa shape index (κ2) is 11.5. The minimum atomic E-state index is -4.34. The van der Waals surface area contributed by atoms with Crippen molar-refractivity contribution < 1.29 is 31.9 Å². The maximum absolute atomic E-state index is 14.6. The number of hydrogen-bond acceptors (Lipinski definition) is 7. The van der Waals surface area contributed by atoms with Gasteiger partial charge < -0.3 is 13.9 Å². The van der Waals surface area contributed by atoms with Crippen LogP contribution < -0.4 is 0 Å². The molecular weight excluding hydrogens is 558 g/mol. The van der Waals surface area contributed by atoms with Crippen molar-refractivity contribution >= 4 is 30.2 Å².